The van der Waals surface area contributed by atoms with Gasteiger partial charge in [0, 0.05) is 52.0 Å². The number of carbonyl (C=O) groups excluding carboxylic acids is 4. The summed E-state index contributed by atoms with van der Waals surface area (Å²) < 4.78 is 1.91. The molecule has 13 nitrogen and oxygen atoms in total. The Morgan fingerprint density at radius 1 is 0.829 bits per heavy atom. The van der Waals surface area contributed by atoms with Gasteiger partial charge in [-0.1, -0.05) is 0 Å². The van der Waals surface area contributed by atoms with Crippen LogP contribution in [0.2, 0.25) is 0 Å². The first kappa shape index (κ1) is 35.5. The van der Waals surface area contributed by atoms with Gasteiger partial charge >= 0.3 is 0 Å². The molecule has 2 aromatic rings. The van der Waals surface area contributed by atoms with Gasteiger partial charge in [0.2, 0.25) is 23.4 Å². The molecule has 0 heterocycles. The van der Waals surface area contributed by atoms with E-state index in [9.17, 15) is 34.5 Å². The zero-order valence-electron chi connectivity index (χ0n) is 22.4. The highest BCUT2D eigenvalue weighted by Gasteiger charge is 2.37. The third kappa shape index (κ3) is 7.11. The topological polar surface area (TPSA) is 234 Å². The molecule has 0 saturated heterocycles. The normalized spacial score (nSPS) is 14.1. The summed E-state index contributed by atoms with van der Waals surface area (Å²) in [6.45, 7) is 1.88. The van der Waals surface area contributed by atoms with E-state index in [2.05, 4.69) is 67.8 Å². The summed E-state index contributed by atoms with van der Waals surface area (Å²) in [6, 6.07) is 0.861. The lowest BCUT2D eigenvalue weighted by molar-refractivity contribution is -0.125. The monoisotopic (exact) mass is 909 g/mol. The Bertz CT molecular complexity index is 1340. The van der Waals surface area contributed by atoms with Crippen LogP contribution in [0.15, 0.2) is 12.1 Å². The Morgan fingerprint density at radius 2 is 1.24 bits per heavy atom. The van der Waals surface area contributed by atoms with Gasteiger partial charge in [0.25, 0.3) is 0 Å². The van der Waals surface area contributed by atoms with Crippen molar-refractivity contribution in [1.82, 2.24) is 0 Å². The first-order valence-corrected chi connectivity index (χ1v) is 15.0. The number of nitrogen functional groups attached to an aromatic ring is 2. The number of halogens is 3. The van der Waals surface area contributed by atoms with Gasteiger partial charge in [-0.25, -0.2) is 0 Å². The number of aliphatic hydroxyl groups excluding tert-OH is 4. The number of nitrogens with two attached hydrogens (primary N) is 3. The molecular formula is C25H30I3N5O8. The molecule has 41 heavy (non-hydrogen) atoms. The zero-order chi connectivity index (χ0) is 31.7. The number of rotatable bonds is 10. The quantitative estimate of drug-likeness (QED) is 0.0749. The average molecular weight is 909 g/mol. The Morgan fingerprint density at radius 3 is 1.61 bits per heavy atom. The number of aliphatic hydroxyl groups is 4. The van der Waals surface area contributed by atoms with Gasteiger partial charge in [0.1, 0.15) is 24.4 Å². The molecule has 224 valence electrons. The molecule has 0 aliphatic heterocycles. The number of ketones is 2. The van der Waals surface area contributed by atoms with Crippen molar-refractivity contribution < 1.29 is 39.6 Å². The van der Waals surface area contributed by atoms with Crippen LogP contribution < -0.4 is 27.0 Å². The van der Waals surface area contributed by atoms with Crippen molar-refractivity contribution in [2.24, 2.45) is 5.73 Å². The van der Waals surface area contributed by atoms with E-state index in [1.165, 1.54) is 35.8 Å². The predicted octanol–water partition coefficient (Wildman–Crippen LogP) is 0.451. The Kier molecular flexibility index (Phi) is 12.3. The van der Waals surface area contributed by atoms with Gasteiger partial charge in [-0.05, 0) is 85.5 Å². The standard InChI is InChI=1S/C25H30I3N5O8/c1-8(35)32(3)20-16(26)14(17(27)21(18(20)28)33(4)9(2)36)10-5-11(29)15(12(30)6-10)23(39)25(41)19(31)24(40)22(38)13(37)7-34/h5-6,13,19,22,24,34,37-38,40H,7,29-31H2,1-4H3/t13-,19-,22-,24-/m1/s1. The molecule has 2 aromatic carbocycles. The van der Waals surface area contributed by atoms with Crippen LogP contribution in [-0.2, 0) is 14.4 Å². The van der Waals surface area contributed by atoms with E-state index in [4.69, 9.17) is 22.3 Å². The number of carbonyl (C=O) groups is 4. The van der Waals surface area contributed by atoms with Crippen LogP contribution in [0.5, 0.6) is 0 Å². The molecule has 2 rings (SSSR count). The van der Waals surface area contributed by atoms with Crippen LogP contribution in [0.4, 0.5) is 22.7 Å². The molecule has 0 radical (unpaired) electrons. The van der Waals surface area contributed by atoms with Crippen molar-refractivity contribution in [2.75, 3.05) is 42.0 Å². The SMILES string of the molecule is CC(=O)N(C)c1c(I)c(-c2cc(N)c(C(=O)C(=O)[C@H](N)[C@@H](O)[C@H](O)[C@H](O)CO)c(N)c2)c(I)c(N(C)C(C)=O)c1I. The second-order valence-electron chi connectivity index (χ2n) is 9.15. The molecule has 0 saturated carbocycles. The van der Waals surface area contributed by atoms with E-state index in [0.717, 1.165) is 0 Å². The third-order valence-corrected chi connectivity index (χ3v) is 9.55. The lowest BCUT2D eigenvalue weighted by atomic mass is 9.91. The second-order valence-corrected chi connectivity index (χ2v) is 12.4. The fraction of sp³-hybridized carbons (Fsp3) is 0.360. The highest BCUT2D eigenvalue weighted by atomic mass is 127. The van der Waals surface area contributed by atoms with E-state index in [1.54, 1.807) is 14.1 Å². The van der Waals surface area contributed by atoms with Gasteiger partial charge in [-0.2, -0.15) is 0 Å². The summed E-state index contributed by atoms with van der Waals surface area (Å²) in [7, 11) is 3.20. The fourth-order valence-electron chi connectivity index (χ4n) is 3.87. The third-order valence-electron chi connectivity index (χ3n) is 6.43. The largest absolute Gasteiger partial charge is 0.398 e. The van der Waals surface area contributed by atoms with E-state index >= 15 is 0 Å². The maximum absolute atomic E-state index is 13.1. The second kappa shape index (κ2) is 14.2. The maximum atomic E-state index is 13.1. The molecule has 0 unspecified atom stereocenters. The van der Waals surface area contributed by atoms with E-state index < -0.39 is 42.5 Å². The smallest absolute Gasteiger partial charge is 0.234 e. The molecule has 0 aliphatic carbocycles. The van der Waals surface area contributed by atoms with Crippen LogP contribution in [-0.4, -0.2) is 88.9 Å². The Hall–Kier alpha value is -1.69. The lowest BCUT2D eigenvalue weighted by Crippen LogP contribution is -2.54. The molecule has 16 heteroatoms. The summed E-state index contributed by atoms with van der Waals surface area (Å²) in [6.07, 6.45) is -5.87. The van der Waals surface area contributed by atoms with Crippen LogP contribution in [0.1, 0.15) is 24.2 Å². The van der Waals surface area contributed by atoms with Crippen molar-refractivity contribution in [3.63, 3.8) is 0 Å². The molecule has 0 fully saturated rings. The van der Waals surface area contributed by atoms with Crippen molar-refractivity contribution in [2.45, 2.75) is 38.2 Å². The van der Waals surface area contributed by atoms with E-state index in [-0.39, 0.29) is 28.8 Å². The molecule has 0 spiro atoms. The minimum Gasteiger partial charge on any atom is -0.398 e. The molecule has 10 N–H and O–H groups in total. The minimum atomic E-state index is -2.07. The highest BCUT2D eigenvalue weighted by molar-refractivity contribution is 14.1. The Balaban J connectivity index is 2.73. The molecule has 2 amide bonds. The summed E-state index contributed by atoms with van der Waals surface area (Å²) in [4.78, 5) is 53.4. The maximum Gasteiger partial charge on any atom is 0.234 e. The predicted molar refractivity (Wildman–Crippen MR) is 179 cm³/mol. The fourth-order valence-corrected chi connectivity index (χ4v) is 9.10. The average Bonchev–Trinajstić information content (AvgIpc) is 2.89. The molecule has 0 aliphatic rings. The van der Waals surface area contributed by atoms with Crippen LogP contribution in [0, 0.1) is 10.7 Å². The minimum absolute atomic E-state index is 0.191. The number of anilines is 4. The van der Waals surface area contributed by atoms with E-state index in [1.807, 2.05) is 0 Å². The lowest BCUT2D eigenvalue weighted by Gasteiger charge is -2.28. The first-order valence-electron chi connectivity index (χ1n) is 11.8. The summed E-state index contributed by atoms with van der Waals surface area (Å²) in [5.74, 6) is -3.07. The van der Waals surface area contributed by atoms with Crippen molar-refractivity contribution in [3.05, 3.63) is 28.4 Å². The van der Waals surface area contributed by atoms with Crippen LogP contribution >= 0.6 is 67.8 Å². The van der Waals surface area contributed by atoms with Crippen LogP contribution in [0.3, 0.4) is 0 Å². The number of hydrogen-bond donors (Lipinski definition) is 7. The number of benzene rings is 2. The number of Topliss-reactive ketones (excluding diaryl/α,β-unsaturated/α-hetero) is 2. The first-order chi connectivity index (χ1) is 18.9. The molecule has 0 bridgehead atoms. The van der Waals surface area contributed by atoms with Gasteiger partial charge in [0.05, 0.1) is 27.1 Å². The number of hydrogen-bond acceptors (Lipinski definition) is 11. The summed E-state index contributed by atoms with van der Waals surface area (Å²) >= 11 is 6.22. The molecule has 0 aromatic heterocycles. The zero-order valence-corrected chi connectivity index (χ0v) is 28.8. The summed E-state index contributed by atoms with van der Waals surface area (Å²) in [5, 5.41) is 38.6. The van der Waals surface area contributed by atoms with Crippen molar-refractivity contribution in [3.8, 4) is 11.1 Å². The van der Waals surface area contributed by atoms with Crippen LogP contribution in [0.25, 0.3) is 11.1 Å². The van der Waals surface area contributed by atoms with Gasteiger partial charge in [0.15, 0.2) is 0 Å². The van der Waals surface area contributed by atoms with Gasteiger partial charge in [-0.3, -0.25) is 19.2 Å². The van der Waals surface area contributed by atoms with Crippen molar-refractivity contribution >= 4 is 114 Å². The highest BCUT2D eigenvalue weighted by Crippen LogP contribution is 2.46. The van der Waals surface area contributed by atoms with Crippen molar-refractivity contribution in [1.29, 1.82) is 0 Å². The number of nitrogens with zero attached hydrogens (tertiary/aromatic N) is 2. The Labute approximate surface area is 276 Å². The molecular weight excluding hydrogens is 879 g/mol. The van der Waals surface area contributed by atoms with E-state index in [0.29, 0.717) is 33.2 Å². The summed E-state index contributed by atoms with van der Waals surface area (Å²) in [5.41, 5.74) is 19.4. The number of amides is 2. The van der Waals surface area contributed by atoms with Gasteiger partial charge < -0.3 is 47.4 Å². The van der Waals surface area contributed by atoms with Gasteiger partial charge in [-0.15, -0.1) is 0 Å². The molecule has 4 atom stereocenters.